The molecule has 1 aromatic heterocycles. The summed E-state index contributed by atoms with van der Waals surface area (Å²) in [5, 5.41) is 9.66. The van der Waals surface area contributed by atoms with Crippen LogP contribution in [0.3, 0.4) is 0 Å². The minimum absolute atomic E-state index is 0.353. The quantitative estimate of drug-likeness (QED) is 0.879. The molecule has 0 fully saturated rings. The lowest BCUT2D eigenvalue weighted by molar-refractivity contribution is 0.293. The summed E-state index contributed by atoms with van der Waals surface area (Å²) in [6.45, 7) is 4.22. The smallest absolute Gasteiger partial charge is 0.213 e. The zero-order valence-corrected chi connectivity index (χ0v) is 9.97. The van der Waals surface area contributed by atoms with E-state index in [2.05, 4.69) is 4.98 Å². The van der Waals surface area contributed by atoms with Crippen LogP contribution in [0, 0.1) is 13.8 Å². The molecule has 0 aliphatic rings. The highest BCUT2D eigenvalue weighted by Crippen LogP contribution is 2.23. The number of rotatable bonds is 3. The standard InChI is InChI=1S/C14H15NO2/c1-10-7-12(8-11(2)14(10)16)9-17-13-5-3-4-6-15-13/h3-8,16H,9H2,1-2H3. The number of hydrogen-bond donors (Lipinski definition) is 1. The third kappa shape index (κ3) is 2.75. The first kappa shape index (κ1) is 11.5. The van der Waals surface area contributed by atoms with Gasteiger partial charge in [0, 0.05) is 12.3 Å². The maximum Gasteiger partial charge on any atom is 0.213 e. The maximum absolute atomic E-state index is 9.66. The van der Waals surface area contributed by atoms with Gasteiger partial charge in [-0.25, -0.2) is 4.98 Å². The average Bonchev–Trinajstić information content (AvgIpc) is 2.34. The molecule has 1 N–H and O–H groups in total. The van der Waals surface area contributed by atoms with Gasteiger partial charge in [-0.15, -0.1) is 0 Å². The van der Waals surface area contributed by atoms with Crippen LogP contribution >= 0.6 is 0 Å². The SMILES string of the molecule is Cc1cc(COc2ccccn2)cc(C)c1O. The third-order valence-electron chi connectivity index (χ3n) is 2.58. The van der Waals surface area contributed by atoms with Crippen molar-refractivity contribution in [2.24, 2.45) is 0 Å². The molecular formula is C14H15NO2. The molecule has 3 nitrogen and oxygen atoms in total. The van der Waals surface area contributed by atoms with Gasteiger partial charge in [-0.1, -0.05) is 6.07 Å². The van der Waals surface area contributed by atoms with Gasteiger partial charge in [0.2, 0.25) is 5.88 Å². The Bertz CT molecular complexity index is 486. The summed E-state index contributed by atoms with van der Waals surface area (Å²) in [6.07, 6.45) is 1.70. The van der Waals surface area contributed by atoms with Crippen molar-refractivity contribution in [1.29, 1.82) is 0 Å². The number of aryl methyl sites for hydroxylation is 2. The van der Waals surface area contributed by atoms with Gasteiger partial charge in [0.15, 0.2) is 0 Å². The second-order valence-electron chi connectivity index (χ2n) is 4.03. The molecule has 0 radical (unpaired) electrons. The minimum Gasteiger partial charge on any atom is -0.507 e. The summed E-state index contributed by atoms with van der Waals surface area (Å²) in [7, 11) is 0. The Morgan fingerprint density at radius 2 is 1.88 bits per heavy atom. The Kier molecular flexibility index (Phi) is 3.28. The fourth-order valence-electron chi connectivity index (χ4n) is 1.72. The van der Waals surface area contributed by atoms with Crippen molar-refractivity contribution in [2.45, 2.75) is 20.5 Å². The fourth-order valence-corrected chi connectivity index (χ4v) is 1.72. The molecule has 0 aliphatic heterocycles. The van der Waals surface area contributed by atoms with Crippen molar-refractivity contribution in [1.82, 2.24) is 4.98 Å². The first-order valence-corrected chi connectivity index (χ1v) is 5.50. The fraction of sp³-hybridized carbons (Fsp3) is 0.214. The predicted octanol–water partition coefficient (Wildman–Crippen LogP) is 2.98. The van der Waals surface area contributed by atoms with Crippen molar-refractivity contribution in [3.05, 3.63) is 53.2 Å². The van der Waals surface area contributed by atoms with Crippen molar-refractivity contribution in [2.75, 3.05) is 0 Å². The lowest BCUT2D eigenvalue weighted by Gasteiger charge is -2.09. The molecule has 3 heteroatoms. The molecule has 0 spiro atoms. The van der Waals surface area contributed by atoms with Gasteiger partial charge in [0.25, 0.3) is 0 Å². The van der Waals surface area contributed by atoms with Gasteiger partial charge in [-0.2, -0.15) is 0 Å². The first-order chi connectivity index (χ1) is 8.16. The van der Waals surface area contributed by atoms with E-state index in [0.29, 0.717) is 18.2 Å². The Hall–Kier alpha value is -2.03. The second-order valence-corrected chi connectivity index (χ2v) is 4.03. The molecule has 0 aliphatic carbocycles. The summed E-state index contributed by atoms with van der Waals surface area (Å²) < 4.78 is 5.55. The van der Waals surface area contributed by atoms with Crippen LogP contribution in [0.15, 0.2) is 36.5 Å². The van der Waals surface area contributed by atoms with Crippen LogP contribution in [-0.2, 0) is 6.61 Å². The molecule has 1 aromatic carbocycles. The lowest BCUT2D eigenvalue weighted by atomic mass is 10.1. The van der Waals surface area contributed by atoms with Gasteiger partial charge in [0.05, 0.1) is 0 Å². The Morgan fingerprint density at radius 1 is 1.18 bits per heavy atom. The molecule has 0 saturated heterocycles. The van der Waals surface area contributed by atoms with E-state index >= 15 is 0 Å². The van der Waals surface area contributed by atoms with Crippen LogP contribution < -0.4 is 4.74 Å². The summed E-state index contributed by atoms with van der Waals surface area (Å²) in [4.78, 5) is 4.08. The zero-order chi connectivity index (χ0) is 12.3. The number of aromatic hydroxyl groups is 1. The van der Waals surface area contributed by atoms with E-state index in [-0.39, 0.29) is 0 Å². The molecule has 88 valence electrons. The molecule has 0 bridgehead atoms. The normalized spacial score (nSPS) is 10.2. The van der Waals surface area contributed by atoms with Crippen LogP contribution in [0.25, 0.3) is 0 Å². The Morgan fingerprint density at radius 3 is 2.47 bits per heavy atom. The highest BCUT2D eigenvalue weighted by molar-refractivity contribution is 5.42. The number of benzene rings is 1. The number of hydrogen-bond acceptors (Lipinski definition) is 3. The number of ether oxygens (including phenoxy) is 1. The molecule has 2 aromatic rings. The van der Waals surface area contributed by atoms with Gasteiger partial charge >= 0.3 is 0 Å². The number of nitrogens with zero attached hydrogens (tertiary/aromatic N) is 1. The molecule has 0 saturated carbocycles. The van der Waals surface area contributed by atoms with Crippen LogP contribution in [0.4, 0.5) is 0 Å². The average molecular weight is 229 g/mol. The lowest BCUT2D eigenvalue weighted by Crippen LogP contribution is -1.98. The second kappa shape index (κ2) is 4.87. The van der Waals surface area contributed by atoms with Crippen molar-refractivity contribution < 1.29 is 9.84 Å². The monoisotopic (exact) mass is 229 g/mol. The number of phenolic OH excluding ortho intramolecular Hbond substituents is 1. The highest BCUT2D eigenvalue weighted by Gasteiger charge is 2.04. The molecule has 2 rings (SSSR count). The number of phenols is 1. The topological polar surface area (TPSA) is 42.4 Å². The van der Waals surface area contributed by atoms with Crippen LogP contribution in [0.5, 0.6) is 11.6 Å². The summed E-state index contributed by atoms with van der Waals surface area (Å²) in [5.74, 6) is 0.961. The number of pyridine rings is 1. The van der Waals surface area contributed by atoms with Crippen LogP contribution in [-0.4, -0.2) is 10.1 Å². The van der Waals surface area contributed by atoms with E-state index < -0.39 is 0 Å². The molecule has 0 unspecified atom stereocenters. The number of aromatic nitrogens is 1. The van der Waals surface area contributed by atoms with E-state index in [0.717, 1.165) is 16.7 Å². The molecule has 17 heavy (non-hydrogen) atoms. The van der Waals surface area contributed by atoms with Gasteiger partial charge in [0.1, 0.15) is 12.4 Å². The summed E-state index contributed by atoms with van der Waals surface area (Å²) >= 11 is 0. The van der Waals surface area contributed by atoms with E-state index in [9.17, 15) is 5.11 Å². The van der Waals surface area contributed by atoms with Crippen LogP contribution in [0.1, 0.15) is 16.7 Å². The van der Waals surface area contributed by atoms with E-state index in [4.69, 9.17) is 4.74 Å². The molecule has 0 atom stereocenters. The summed E-state index contributed by atoms with van der Waals surface area (Å²) in [5.41, 5.74) is 2.76. The van der Waals surface area contributed by atoms with E-state index in [1.807, 2.05) is 44.2 Å². The van der Waals surface area contributed by atoms with E-state index in [1.165, 1.54) is 0 Å². The Labute approximate surface area is 101 Å². The molecule has 1 heterocycles. The first-order valence-electron chi connectivity index (χ1n) is 5.50. The molecule has 0 amide bonds. The summed E-state index contributed by atoms with van der Waals surface area (Å²) in [6, 6.07) is 9.40. The highest BCUT2D eigenvalue weighted by atomic mass is 16.5. The predicted molar refractivity (Wildman–Crippen MR) is 66.1 cm³/mol. The zero-order valence-electron chi connectivity index (χ0n) is 9.97. The van der Waals surface area contributed by atoms with Gasteiger partial charge < -0.3 is 9.84 Å². The van der Waals surface area contributed by atoms with Crippen molar-refractivity contribution >= 4 is 0 Å². The Balaban J connectivity index is 2.10. The third-order valence-corrected chi connectivity index (χ3v) is 2.58. The maximum atomic E-state index is 9.66. The van der Waals surface area contributed by atoms with Gasteiger partial charge in [-0.05, 0) is 48.7 Å². The largest absolute Gasteiger partial charge is 0.507 e. The minimum atomic E-state index is 0.353. The van der Waals surface area contributed by atoms with Crippen molar-refractivity contribution in [3.8, 4) is 11.6 Å². The van der Waals surface area contributed by atoms with Gasteiger partial charge in [-0.3, -0.25) is 0 Å². The van der Waals surface area contributed by atoms with E-state index in [1.54, 1.807) is 6.20 Å². The van der Waals surface area contributed by atoms with Crippen LogP contribution in [0.2, 0.25) is 0 Å². The van der Waals surface area contributed by atoms with Crippen molar-refractivity contribution in [3.63, 3.8) is 0 Å². The molecular weight excluding hydrogens is 214 g/mol.